The molecular formula is C41H53N7O4S. The van der Waals surface area contributed by atoms with Crippen LogP contribution in [0.2, 0.25) is 0 Å². The minimum Gasteiger partial charge on any atom is -0.389 e. The van der Waals surface area contributed by atoms with Gasteiger partial charge in [-0.15, -0.1) is 0 Å². The van der Waals surface area contributed by atoms with Gasteiger partial charge in [-0.2, -0.15) is 0 Å². The zero-order valence-corrected chi connectivity index (χ0v) is 32.6. The molecule has 5 atom stereocenters. The molecule has 4 aromatic rings. The van der Waals surface area contributed by atoms with Gasteiger partial charge in [0.25, 0.3) is 5.91 Å². The lowest BCUT2D eigenvalue weighted by Gasteiger charge is -2.42. The molecular weight excluding hydrogens is 687 g/mol. The molecule has 1 unspecified atom stereocenters. The molecule has 0 bridgehead atoms. The first-order valence-corrected chi connectivity index (χ1v) is 19.3. The summed E-state index contributed by atoms with van der Waals surface area (Å²) in [6.45, 7) is 14.1. The number of aryl methyl sites for hydroxylation is 2. The highest BCUT2D eigenvalue weighted by atomic mass is 32.2. The van der Waals surface area contributed by atoms with E-state index in [1.165, 1.54) is 0 Å². The fourth-order valence-corrected chi connectivity index (χ4v) is 7.85. The third-order valence-corrected chi connectivity index (χ3v) is 10.6. The van der Waals surface area contributed by atoms with Crippen molar-refractivity contribution in [2.45, 2.75) is 108 Å². The molecule has 0 radical (unpaired) electrons. The Kier molecular flexibility index (Phi) is 13.2. The van der Waals surface area contributed by atoms with Gasteiger partial charge in [0.2, 0.25) is 11.8 Å². The molecule has 11 nitrogen and oxygen atoms in total. The molecule has 3 amide bonds. The summed E-state index contributed by atoms with van der Waals surface area (Å²) in [5.74, 6) is -1.26. The van der Waals surface area contributed by atoms with Crippen LogP contribution in [0, 0.1) is 19.8 Å². The number of pyridine rings is 1. The highest BCUT2D eigenvalue weighted by molar-refractivity contribution is 7.99. The number of carbonyl (C=O) groups is 3. The van der Waals surface area contributed by atoms with Crippen molar-refractivity contribution in [1.82, 2.24) is 35.8 Å². The summed E-state index contributed by atoms with van der Waals surface area (Å²) >= 11 is 1.60. The van der Waals surface area contributed by atoms with E-state index in [4.69, 9.17) is 0 Å². The lowest BCUT2D eigenvalue weighted by Crippen LogP contribution is -2.61. The Morgan fingerprint density at radius 3 is 2.30 bits per heavy atom. The van der Waals surface area contributed by atoms with Gasteiger partial charge in [-0.3, -0.25) is 14.4 Å². The number of thioether (sulfide) groups is 1. The molecule has 2 aromatic heterocycles. The second-order valence-corrected chi connectivity index (χ2v) is 16.5. The van der Waals surface area contributed by atoms with Crippen LogP contribution in [0.4, 0.5) is 0 Å². The van der Waals surface area contributed by atoms with Gasteiger partial charge in [-0.25, -0.2) is 15.0 Å². The van der Waals surface area contributed by atoms with Crippen LogP contribution in [-0.4, -0.2) is 90.8 Å². The number of benzene rings is 2. The average Bonchev–Trinajstić information content (AvgIpc) is 3.11. The number of piperidine rings is 1. The molecule has 3 heterocycles. The third kappa shape index (κ3) is 10.8. The van der Waals surface area contributed by atoms with Gasteiger partial charge < -0.3 is 26.0 Å². The van der Waals surface area contributed by atoms with Crippen molar-refractivity contribution in [3.63, 3.8) is 0 Å². The first kappa shape index (κ1) is 39.8. The van der Waals surface area contributed by atoms with Crippen LogP contribution < -0.4 is 16.0 Å². The highest BCUT2D eigenvalue weighted by Crippen LogP contribution is 2.30. The van der Waals surface area contributed by atoms with E-state index in [0.29, 0.717) is 30.1 Å². The van der Waals surface area contributed by atoms with Crippen molar-refractivity contribution in [3.8, 4) is 0 Å². The zero-order chi connectivity index (χ0) is 38.3. The lowest BCUT2D eigenvalue weighted by molar-refractivity contribution is -0.141. The van der Waals surface area contributed by atoms with Crippen LogP contribution in [0.5, 0.6) is 0 Å². The first-order chi connectivity index (χ1) is 25.2. The second kappa shape index (κ2) is 17.6. The minimum atomic E-state index is -1.12. The Hall–Kier alpha value is -4.39. The second-order valence-electron chi connectivity index (χ2n) is 15.3. The Morgan fingerprint density at radius 1 is 0.943 bits per heavy atom. The predicted octanol–water partition coefficient (Wildman–Crippen LogP) is 5.02. The molecule has 1 aliphatic heterocycles. The van der Waals surface area contributed by atoms with Gasteiger partial charge in [0.05, 0.1) is 23.7 Å². The summed E-state index contributed by atoms with van der Waals surface area (Å²) in [5, 5.41) is 23.1. The SMILES string of the molecule is Cc1cc(C)nc(S[C@@H]2CCNC(C(=O)N(C[C@@H](O)[C@H](Cc3ccccc3)NC(=O)[C@@H](NC(=O)c3ccc4ccccc4n3)C(C)C)C(C)(C)C)C2)n1. The van der Waals surface area contributed by atoms with E-state index in [1.54, 1.807) is 22.7 Å². The summed E-state index contributed by atoms with van der Waals surface area (Å²) in [6, 6.07) is 20.4. The number of carbonyl (C=O) groups excluding carboxylic acids is 3. The van der Waals surface area contributed by atoms with Crippen molar-refractivity contribution < 1.29 is 19.5 Å². The summed E-state index contributed by atoms with van der Waals surface area (Å²) in [6.07, 6.45) is 0.666. The van der Waals surface area contributed by atoms with E-state index in [1.807, 2.05) is 115 Å². The third-order valence-electron chi connectivity index (χ3n) is 9.49. The van der Waals surface area contributed by atoms with Crippen molar-refractivity contribution in [2.75, 3.05) is 13.1 Å². The Morgan fingerprint density at radius 2 is 1.62 bits per heavy atom. The number of β-amino-alcohol motifs (C(OH)–C–C–N with tert-alkyl or cyclic N) is 1. The number of hydrogen-bond acceptors (Lipinski definition) is 9. The topological polar surface area (TPSA) is 149 Å². The first-order valence-electron chi connectivity index (χ1n) is 18.4. The number of nitrogens with zero attached hydrogens (tertiary/aromatic N) is 4. The number of rotatable bonds is 13. The predicted molar refractivity (Wildman–Crippen MR) is 210 cm³/mol. The van der Waals surface area contributed by atoms with Crippen molar-refractivity contribution in [3.05, 3.63) is 95.4 Å². The number of aromatic nitrogens is 3. The normalized spacial score (nSPS) is 17.9. The van der Waals surface area contributed by atoms with Crippen molar-refractivity contribution in [2.24, 2.45) is 5.92 Å². The molecule has 282 valence electrons. The molecule has 53 heavy (non-hydrogen) atoms. The lowest BCUT2D eigenvalue weighted by atomic mass is 9.95. The van der Waals surface area contributed by atoms with Crippen LogP contribution >= 0.6 is 11.8 Å². The fraction of sp³-hybridized carbons (Fsp3) is 0.463. The number of aliphatic hydroxyl groups is 1. The summed E-state index contributed by atoms with van der Waals surface area (Å²) in [7, 11) is 0. The van der Waals surface area contributed by atoms with Crippen LogP contribution in [0.1, 0.15) is 74.9 Å². The van der Waals surface area contributed by atoms with E-state index in [2.05, 4.69) is 30.9 Å². The summed E-state index contributed by atoms with van der Waals surface area (Å²) in [4.78, 5) is 57.1. The number of hydrogen-bond donors (Lipinski definition) is 4. The van der Waals surface area contributed by atoms with E-state index in [-0.39, 0.29) is 29.3 Å². The molecule has 1 aliphatic rings. The highest BCUT2D eigenvalue weighted by Gasteiger charge is 2.38. The molecule has 5 rings (SSSR count). The number of nitrogens with one attached hydrogen (secondary N) is 3. The van der Waals surface area contributed by atoms with Gasteiger partial charge in [-0.1, -0.05) is 80.2 Å². The van der Waals surface area contributed by atoms with E-state index in [9.17, 15) is 19.5 Å². The molecule has 2 aromatic carbocycles. The van der Waals surface area contributed by atoms with Crippen LogP contribution in [0.3, 0.4) is 0 Å². The maximum absolute atomic E-state index is 14.3. The molecule has 0 spiro atoms. The Bertz CT molecular complexity index is 1860. The van der Waals surface area contributed by atoms with E-state index < -0.39 is 41.6 Å². The van der Waals surface area contributed by atoms with Gasteiger partial charge in [0, 0.05) is 34.1 Å². The van der Waals surface area contributed by atoms with Gasteiger partial charge in [0.15, 0.2) is 5.16 Å². The van der Waals surface area contributed by atoms with Gasteiger partial charge in [0.1, 0.15) is 11.7 Å². The largest absolute Gasteiger partial charge is 0.389 e. The number of amides is 3. The summed E-state index contributed by atoms with van der Waals surface area (Å²) in [5.41, 5.74) is 3.01. The Balaban J connectivity index is 1.32. The Labute approximate surface area is 317 Å². The maximum Gasteiger partial charge on any atom is 0.270 e. The number of aliphatic hydroxyl groups excluding tert-OH is 1. The van der Waals surface area contributed by atoms with Crippen molar-refractivity contribution in [1.29, 1.82) is 0 Å². The van der Waals surface area contributed by atoms with E-state index >= 15 is 0 Å². The number of para-hydroxylation sites is 1. The van der Waals surface area contributed by atoms with Crippen molar-refractivity contribution >= 4 is 40.4 Å². The monoisotopic (exact) mass is 739 g/mol. The standard InChI is InChI=1S/C41H53N7O4S/c1-25(2)36(47-37(50)32-18-17-29-15-11-12-16-31(29)45-32)38(51)46-33(22-28-13-9-8-10-14-28)35(49)24-48(41(5,6)7)39(52)34-23-30(19-20-42-34)53-40-43-26(3)21-27(4)44-40/h8-18,21,25,30,33-36,42,49H,19-20,22-24H2,1-7H3,(H,46,51)(H,47,50)/t30-,33+,34?,35-,36+/m1/s1. The molecule has 4 N–H and O–H groups in total. The minimum absolute atomic E-state index is 0.00397. The average molecular weight is 740 g/mol. The van der Waals surface area contributed by atoms with Gasteiger partial charge >= 0.3 is 0 Å². The quantitative estimate of drug-likeness (QED) is 0.139. The molecule has 1 fully saturated rings. The zero-order valence-electron chi connectivity index (χ0n) is 31.8. The van der Waals surface area contributed by atoms with E-state index in [0.717, 1.165) is 28.8 Å². The molecule has 12 heteroatoms. The fourth-order valence-electron chi connectivity index (χ4n) is 6.64. The van der Waals surface area contributed by atoms with Crippen LogP contribution in [-0.2, 0) is 16.0 Å². The smallest absolute Gasteiger partial charge is 0.270 e. The summed E-state index contributed by atoms with van der Waals surface area (Å²) < 4.78 is 0. The molecule has 0 aliphatic carbocycles. The number of fused-ring (bicyclic) bond motifs is 1. The molecule has 1 saturated heterocycles. The molecule has 0 saturated carbocycles. The van der Waals surface area contributed by atoms with Crippen LogP contribution in [0.15, 0.2) is 78.0 Å². The van der Waals surface area contributed by atoms with Gasteiger partial charge in [-0.05, 0) is 90.1 Å². The maximum atomic E-state index is 14.3. The van der Waals surface area contributed by atoms with Crippen LogP contribution in [0.25, 0.3) is 10.9 Å².